The number of rotatable bonds is 4. The van der Waals surface area contributed by atoms with Crippen molar-refractivity contribution >= 4 is 11.9 Å². The van der Waals surface area contributed by atoms with Crippen molar-refractivity contribution in [2.24, 2.45) is 5.92 Å². The first-order chi connectivity index (χ1) is 11.2. The van der Waals surface area contributed by atoms with Gasteiger partial charge >= 0.3 is 5.97 Å². The van der Waals surface area contributed by atoms with Crippen LogP contribution in [0.4, 0.5) is 8.78 Å². The standard InChI is InChI=1S/C18H21F2NO3/c1-11-4-3-7-18(11,16(23)24)21-15(22)13-6-2-5-12(8-13)14-9-17(19,20)10-14/h2,5-6,8,11,14H,3-4,7,9-10H2,1H3,(H,21,22)(H,23,24). The fraction of sp³-hybridized carbons (Fsp3) is 0.556. The highest BCUT2D eigenvalue weighted by Gasteiger charge is 2.48. The van der Waals surface area contributed by atoms with Crippen molar-refractivity contribution in [3.63, 3.8) is 0 Å². The van der Waals surface area contributed by atoms with Crippen molar-refractivity contribution in [1.29, 1.82) is 0 Å². The third-order valence-electron chi connectivity index (χ3n) is 5.48. The number of halogens is 2. The second-order valence-corrected chi connectivity index (χ2v) is 7.11. The Morgan fingerprint density at radius 1 is 1.29 bits per heavy atom. The van der Waals surface area contributed by atoms with E-state index in [1.807, 2.05) is 6.92 Å². The molecule has 0 saturated heterocycles. The maximum absolute atomic E-state index is 13.0. The minimum Gasteiger partial charge on any atom is -0.479 e. The fourth-order valence-corrected chi connectivity index (χ4v) is 3.84. The Bertz CT molecular complexity index is 668. The SMILES string of the molecule is CC1CCCC1(NC(=O)c1cccc(C2CC(F)(F)C2)c1)C(=O)O. The topological polar surface area (TPSA) is 66.4 Å². The lowest BCUT2D eigenvalue weighted by Gasteiger charge is -2.35. The number of carbonyl (C=O) groups is 2. The Morgan fingerprint density at radius 3 is 2.54 bits per heavy atom. The lowest BCUT2D eigenvalue weighted by Crippen LogP contribution is -2.56. The molecule has 2 unspecified atom stereocenters. The highest BCUT2D eigenvalue weighted by molar-refractivity contribution is 5.98. The molecule has 2 atom stereocenters. The van der Waals surface area contributed by atoms with Gasteiger partial charge in [-0.1, -0.05) is 25.5 Å². The molecule has 0 spiro atoms. The predicted molar refractivity (Wildman–Crippen MR) is 84.2 cm³/mol. The van der Waals surface area contributed by atoms with E-state index in [-0.39, 0.29) is 24.7 Å². The lowest BCUT2D eigenvalue weighted by atomic mass is 9.76. The normalized spacial score (nSPS) is 29.0. The van der Waals surface area contributed by atoms with Gasteiger partial charge in [0.25, 0.3) is 5.91 Å². The molecule has 1 aromatic rings. The second kappa shape index (κ2) is 5.83. The molecule has 4 nitrogen and oxygen atoms in total. The number of nitrogens with one attached hydrogen (secondary N) is 1. The Hall–Kier alpha value is -1.98. The minimum atomic E-state index is -2.62. The first kappa shape index (κ1) is 16.9. The zero-order chi connectivity index (χ0) is 17.5. The monoisotopic (exact) mass is 337 g/mol. The molecule has 0 bridgehead atoms. The van der Waals surface area contributed by atoms with Crippen LogP contribution < -0.4 is 5.32 Å². The second-order valence-electron chi connectivity index (χ2n) is 7.11. The van der Waals surface area contributed by atoms with E-state index < -0.39 is 23.3 Å². The van der Waals surface area contributed by atoms with Crippen molar-refractivity contribution < 1.29 is 23.5 Å². The Labute approximate surface area is 139 Å². The zero-order valence-corrected chi connectivity index (χ0v) is 13.5. The van der Waals surface area contributed by atoms with Crippen molar-refractivity contribution in [2.75, 3.05) is 0 Å². The largest absolute Gasteiger partial charge is 0.479 e. The number of carbonyl (C=O) groups excluding carboxylic acids is 1. The van der Waals surface area contributed by atoms with E-state index in [0.29, 0.717) is 17.5 Å². The molecule has 0 aromatic heterocycles. The summed E-state index contributed by atoms with van der Waals surface area (Å²) in [5, 5.41) is 12.3. The number of hydrogen-bond acceptors (Lipinski definition) is 2. The van der Waals surface area contributed by atoms with Crippen LogP contribution in [0.25, 0.3) is 0 Å². The van der Waals surface area contributed by atoms with Crippen LogP contribution in [0.1, 0.15) is 60.9 Å². The van der Waals surface area contributed by atoms with Crippen LogP contribution in [0, 0.1) is 5.92 Å². The summed E-state index contributed by atoms with van der Waals surface area (Å²) in [5.74, 6) is -4.48. The van der Waals surface area contributed by atoms with E-state index in [9.17, 15) is 23.5 Å². The van der Waals surface area contributed by atoms with Gasteiger partial charge in [-0.25, -0.2) is 13.6 Å². The third kappa shape index (κ3) is 2.89. The Kier molecular flexibility index (Phi) is 4.10. The minimum absolute atomic E-state index is 0.146. The molecule has 2 aliphatic carbocycles. The number of alkyl halides is 2. The summed E-state index contributed by atoms with van der Waals surface area (Å²) >= 11 is 0. The van der Waals surface area contributed by atoms with Gasteiger partial charge in [-0.3, -0.25) is 4.79 Å². The smallest absolute Gasteiger partial charge is 0.329 e. The van der Waals surface area contributed by atoms with Crippen LogP contribution in [0.2, 0.25) is 0 Å². The molecule has 1 aromatic carbocycles. The average molecular weight is 337 g/mol. The molecule has 1 amide bonds. The number of hydrogen-bond donors (Lipinski definition) is 2. The van der Waals surface area contributed by atoms with Crippen molar-refractivity contribution in [2.45, 2.75) is 56.4 Å². The molecule has 130 valence electrons. The number of benzene rings is 1. The summed E-state index contributed by atoms with van der Waals surface area (Å²) in [6.07, 6.45) is 1.51. The molecule has 3 rings (SSSR count). The molecule has 6 heteroatoms. The average Bonchev–Trinajstić information content (AvgIpc) is 2.87. The van der Waals surface area contributed by atoms with Crippen molar-refractivity contribution in [1.82, 2.24) is 5.32 Å². The molecule has 0 radical (unpaired) electrons. The molecule has 2 saturated carbocycles. The van der Waals surface area contributed by atoms with E-state index >= 15 is 0 Å². The van der Waals surface area contributed by atoms with Gasteiger partial charge in [0.1, 0.15) is 5.54 Å². The third-order valence-corrected chi connectivity index (χ3v) is 5.48. The predicted octanol–water partition coefficient (Wildman–Crippen LogP) is 3.57. The summed E-state index contributed by atoms with van der Waals surface area (Å²) in [6.45, 7) is 1.83. The van der Waals surface area contributed by atoms with Crippen molar-refractivity contribution in [3.05, 3.63) is 35.4 Å². The molecular formula is C18H21F2NO3. The van der Waals surface area contributed by atoms with Gasteiger partial charge in [-0.15, -0.1) is 0 Å². The molecule has 2 fully saturated rings. The molecule has 24 heavy (non-hydrogen) atoms. The number of carboxylic acids is 1. The van der Waals surface area contributed by atoms with Gasteiger partial charge in [0.05, 0.1) is 0 Å². The first-order valence-electron chi connectivity index (χ1n) is 8.27. The highest BCUT2D eigenvalue weighted by atomic mass is 19.3. The van der Waals surface area contributed by atoms with Gasteiger partial charge in [0, 0.05) is 18.4 Å². The Morgan fingerprint density at radius 2 is 2.00 bits per heavy atom. The summed E-state index contributed by atoms with van der Waals surface area (Å²) in [7, 11) is 0. The van der Waals surface area contributed by atoms with Gasteiger partial charge in [0.15, 0.2) is 0 Å². The number of aliphatic carboxylic acids is 1. The Balaban J connectivity index is 1.77. The molecule has 2 aliphatic rings. The molecular weight excluding hydrogens is 316 g/mol. The number of amides is 1. The van der Waals surface area contributed by atoms with Crippen LogP contribution in [0.15, 0.2) is 24.3 Å². The number of carboxylic acid groups (broad SMARTS) is 1. The summed E-state index contributed by atoms with van der Waals surface area (Å²) in [4.78, 5) is 24.2. The van der Waals surface area contributed by atoms with Crippen LogP contribution in [-0.2, 0) is 4.79 Å². The summed E-state index contributed by atoms with van der Waals surface area (Å²) in [6, 6.07) is 6.59. The zero-order valence-electron chi connectivity index (χ0n) is 13.5. The lowest BCUT2D eigenvalue weighted by molar-refractivity contribution is -0.145. The van der Waals surface area contributed by atoms with E-state index in [1.54, 1.807) is 24.3 Å². The molecule has 0 aliphatic heterocycles. The maximum atomic E-state index is 13.0. The van der Waals surface area contributed by atoms with Gasteiger partial charge in [-0.05, 0) is 42.4 Å². The van der Waals surface area contributed by atoms with Gasteiger partial charge in [0.2, 0.25) is 5.92 Å². The van der Waals surface area contributed by atoms with E-state index in [0.717, 1.165) is 12.8 Å². The highest BCUT2D eigenvalue weighted by Crippen LogP contribution is 2.48. The van der Waals surface area contributed by atoms with Gasteiger partial charge in [-0.2, -0.15) is 0 Å². The maximum Gasteiger partial charge on any atom is 0.329 e. The van der Waals surface area contributed by atoms with Crippen molar-refractivity contribution in [3.8, 4) is 0 Å². The van der Waals surface area contributed by atoms with Crippen LogP contribution >= 0.6 is 0 Å². The molecule has 0 heterocycles. The summed E-state index contributed by atoms with van der Waals surface area (Å²) in [5.41, 5.74) is -0.212. The van der Waals surface area contributed by atoms with E-state index in [1.165, 1.54) is 0 Å². The fourth-order valence-electron chi connectivity index (χ4n) is 3.84. The quantitative estimate of drug-likeness (QED) is 0.883. The van der Waals surface area contributed by atoms with Crippen LogP contribution in [0.5, 0.6) is 0 Å². The van der Waals surface area contributed by atoms with E-state index in [2.05, 4.69) is 5.32 Å². The first-order valence-corrected chi connectivity index (χ1v) is 8.27. The van der Waals surface area contributed by atoms with Crippen LogP contribution in [-0.4, -0.2) is 28.4 Å². The van der Waals surface area contributed by atoms with Gasteiger partial charge < -0.3 is 10.4 Å². The summed E-state index contributed by atoms with van der Waals surface area (Å²) < 4.78 is 26.1. The van der Waals surface area contributed by atoms with Crippen LogP contribution in [0.3, 0.4) is 0 Å². The van der Waals surface area contributed by atoms with E-state index in [4.69, 9.17) is 0 Å². The molecule has 2 N–H and O–H groups in total.